The van der Waals surface area contributed by atoms with E-state index in [2.05, 4.69) is 48.5 Å². The highest BCUT2D eigenvalue weighted by Gasteiger charge is 2.06. The second-order valence-corrected chi connectivity index (χ2v) is 5.08. The Labute approximate surface area is 106 Å². The van der Waals surface area contributed by atoms with Crippen LogP contribution in [0.2, 0.25) is 5.28 Å². The molecule has 2 aromatic rings. The highest BCUT2D eigenvalue weighted by atomic mass is 127. The maximum Gasteiger partial charge on any atom is 0.259 e. The van der Waals surface area contributed by atoms with Crippen molar-refractivity contribution in [1.29, 1.82) is 0 Å². The molecule has 1 N–H and O–H groups in total. The van der Waals surface area contributed by atoms with E-state index in [0.717, 1.165) is 8.04 Å². The molecule has 0 aliphatic heterocycles. The Kier molecular flexibility index (Phi) is 2.81. The Bertz CT molecular complexity index is 569. The molecule has 6 heteroatoms. The van der Waals surface area contributed by atoms with Gasteiger partial charge in [-0.1, -0.05) is 15.9 Å². The fourth-order valence-electron chi connectivity index (χ4n) is 1.14. The zero-order chi connectivity index (χ0) is 10.3. The fourth-order valence-corrected chi connectivity index (χ4v) is 2.94. The lowest BCUT2D eigenvalue weighted by atomic mass is 10.2. The predicted octanol–water partition coefficient (Wildman–Crippen LogP) is 2.94. The van der Waals surface area contributed by atoms with E-state index in [1.807, 2.05) is 6.07 Å². The highest BCUT2D eigenvalue weighted by molar-refractivity contribution is 14.1. The monoisotopic (exact) mass is 384 g/mol. The van der Waals surface area contributed by atoms with E-state index in [4.69, 9.17) is 11.6 Å². The summed E-state index contributed by atoms with van der Waals surface area (Å²) in [5.41, 5.74) is 0.404. The lowest BCUT2D eigenvalue weighted by molar-refractivity contribution is 1.17. The minimum atomic E-state index is -0.223. The number of nitrogens with zero attached hydrogens (tertiary/aromatic N) is 1. The van der Waals surface area contributed by atoms with E-state index in [9.17, 15) is 4.79 Å². The Morgan fingerprint density at radius 2 is 2.21 bits per heavy atom. The topological polar surface area (TPSA) is 45.8 Å². The van der Waals surface area contributed by atoms with Crippen LogP contribution in [0.4, 0.5) is 0 Å². The van der Waals surface area contributed by atoms with Gasteiger partial charge in [-0.15, -0.1) is 0 Å². The van der Waals surface area contributed by atoms with Crippen molar-refractivity contribution < 1.29 is 0 Å². The van der Waals surface area contributed by atoms with E-state index in [1.54, 1.807) is 6.07 Å². The van der Waals surface area contributed by atoms with Gasteiger partial charge in [0.1, 0.15) is 0 Å². The van der Waals surface area contributed by atoms with Crippen LogP contribution in [0.15, 0.2) is 21.4 Å². The molecular formula is C8H3BrClIN2O. The maximum absolute atomic E-state index is 11.5. The minimum absolute atomic E-state index is 0.114. The van der Waals surface area contributed by atoms with Crippen molar-refractivity contribution in [3.05, 3.63) is 35.8 Å². The molecule has 1 heterocycles. The lowest BCUT2D eigenvalue weighted by Crippen LogP contribution is -2.08. The SMILES string of the molecule is O=c1[nH]c(Cl)nc2c(I)cc(Br)cc12. The average Bonchev–Trinajstić information content (AvgIpc) is 2.07. The number of hydrogen-bond donors (Lipinski definition) is 1. The van der Waals surface area contributed by atoms with E-state index < -0.39 is 0 Å². The molecule has 0 amide bonds. The van der Waals surface area contributed by atoms with E-state index in [1.165, 1.54) is 0 Å². The van der Waals surface area contributed by atoms with Gasteiger partial charge in [-0.05, 0) is 46.3 Å². The van der Waals surface area contributed by atoms with E-state index in [-0.39, 0.29) is 10.8 Å². The van der Waals surface area contributed by atoms with Crippen LogP contribution in [-0.4, -0.2) is 9.97 Å². The van der Waals surface area contributed by atoms with Crippen molar-refractivity contribution in [1.82, 2.24) is 9.97 Å². The molecule has 0 spiro atoms. The van der Waals surface area contributed by atoms with Crippen LogP contribution in [0.1, 0.15) is 0 Å². The first kappa shape index (κ1) is 10.4. The van der Waals surface area contributed by atoms with Crippen LogP contribution in [0.3, 0.4) is 0 Å². The van der Waals surface area contributed by atoms with Crippen molar-refractivity contribution in [3.63, 3.8) is 0 Å². The van der Waals surface area contributed by atoms with Crippen molar-refractivity contribution in [2.24, 2.45) is 0 Å². The molecule has 2 rings (SSSR count). The van der Waals surface area contributed by atoms with Crippen molar-refractivity contribution in [3.8, 4) is 0 Å². The summed E-state index contributed by atoms with van der Waals surface area (Å²) in [5.74, 6) is 0. The summed E-state index contributed by atoms with van der Waals surface area (Å²) in [6.45, 7) is 0. The number of fused-ring (bicyclic) bond motifs is 1. The molecule has 1 aromatic carbocycles. The molecule has 0 atom stereocenters. The van der Waals surface area contributed by atoms with Gasteiger partial charge in [0.05, 0.1) is 10.9 Å². The molecule has 0 aliphatic rings. The van der Waals surface area contributed by atoms with Gasteiger partial charge >= 0.3 is 0 Å². The molecule has 0 saturated carbocycles. The average molecular weight is 385 g/mol. The van der Waals surface area contributed by atoms with Crippen molar-refractivity contribution in [2.75, 3.05) is 0 Å². The minimum Gasteiger partial charge on any atom is -0.297 e. The van der Waals surface area contributed by atoms with Crippen LogP contribution < -0.4 is 5.56 Å². The molecule has 1 aromatic heterocycles. The molecule has 3 nitrogen and oxygen atoms in total. The number of rotatable bonds is 0. The van der Waals surface area contributed by atoms with Crippen LogP contribution in [0, 0.1) is 3.57 Å². The third-order valence-electron chi connectivity index (χ3n) is 1.70. The lowest BCUT2D eigenvalue weighted by Gasteiger charge is -2.00. The second kappa shape index (κ2) is 3.79. The molecule has 0 bridgehead atoms. The summed E-state index contributed by atoms with van der Waals surface area (Å²) in [7, 11) is 0. The van der Waals surface area contributed by atoms with Gasteiger partial charge in [-0.2, -0.15) is 0 Å². The normalized spacial score (nSPS) is 10.8. The fraction of sp³-hybridized carbons (Fsp3) is 0. The summed E-state index contributed by atoms with van der Waals surface area (Å²) in [6.07, 6.45) is 0. The Morgan fingerprint density at radius 3 is 2.93 bits per heavy atom. The summed E-state index contributed by atoms with van der Waals surface area (Å²) in [4.78, 5) is 18.0. The number of aromatic amines is 1. The molecule has 0 unspecified atom stereocenters. The molecule has 14 heavy (non-hydrogen) atoms. The molecule has 0 aliphatic carbocycles. The van der Waals surface area contributed by atoms with Gasteiger partial charge < -0.3 is 0 Å². The number of halogens is 3. The van der Waals surface area contributed by atoms with Gasteiger partial charge in [-0.25, -0.2) is 4.98 Å². The van der Waals surface area contributed by atoms with Crippen LogP contribution in [0.5, 0.6) is 0 Å². The Balaban J connectivity index is 3.02. The first-order chi connectivity index (χ1) is 6.58. The summed E-state index contributed by atoms with van der Waals surface area (Å²) >= 11 is 11.1. The summed E-state index contributed by atoms with van der Waals surface area (Å²) < 4.78 is 1.74. The molecule has 0 fully saturated rings. The first-order valence-corrected chi connectivity index (χ1v) is 5.87. The number of aromatic nitrogens is 2. The van der Waals surface area contributed by atoms with Crippen LogP contribution in [-0.2, 0) is 0 Å². The van der Waals surface area contributed by atoms with Crippen LogP contribution >= 0.6 is 50.1 Å². The zero-order valence-electron chi connectivity index (χ0n) is 6.64. The van der Waals surface area contributed by atoms with Crippen LogP contribution in [0.25, 0.3) is 10.9 Å². The third kappa shape index (κ3) is 1.80. The van der Waals surface area contributed by atoms with Gasteiger partial charge in [0, 0.05) is 8.04 Å². The van der Waals surface area contributed by atoms with E-state index >= 15 is 0 Å². The van der Waals surface area contributed by atoms with Gasteiger partial charge in [0.2, 0.25) is 5.28 Å². The quantitative estimate of drug-likeness (QED) is 0.560. The second-order valence-electron chi connectivity index (χ2n) is 2.64. The maximum atomic E-state index is 11.5. The van der Waals surface area contributed by atoms with Crippen molar-refractivity contribution >= 4 is 61.0 Å². The third-order valence-corrected chi connectivity index (χ3v) is 3.16. The Morgan fingerprint density at radius 1 is 1.50 bits per heavy atom. The number of nitrogens with one attached hydrogen (secondary N) is 1. The molecule has 0 saturated heterocycles. The highest BCUT2D eigenvalue weighted by Crippen LogP contribution is 2.22. The van der Waals surface area contributed by atoms with Gasteiger partial charge in [0.25, 0.3) is 5.56 Å². The van der Waals surface area contributed by atoms with Gasteiger partial charge in [0.15, 0.2) is 0 Å². The smallest absolute Gasteiger partial charge is 0.259 e. The predicted molar refractivity (Wildman–Crippen MR) is 67.8 cm³/mol. The number of benzene rings is 1. The van der Waals surface area contributed by atoms with E-state index in [0.29, 0.717) is 10.9 Å². The summed E-state index contributed by atoms with van der Waals surface area (Å²) in [5, 5.41) is 0.649. The largest absolute Gasteiger partial charge is 0.297 e. The molecular weight excluding hydrogens is 382 g/mol. The number of H-pyrrole nitrogens is 1. The number of hydrogen-bond acceptors (Lipinski definition) is 2. The summed E-state index contributed by atoms with van der Waals surface area (Å²) in [6, 6.07) is 3.60. The van der Waals surface area contributed by atoms with Gasteiger partial charge in [-0.3, -0.25) is 9.78 Å². The van der Waals surface area contributed by atoms with Crippen molar-refractivity contribution in [2.45, 2.75) is 0 Å². The first-order valence-electron chi connectivity index (χ1n) is 3.62. The Hall–Kier alpha value is -0.140. The molecule has 72 valence electrons. The molecule has 0 radical (unpaired) electrons. The standard InChI is InChI=1S/C8H3BrClIN2O/c9-3-1-4-6(5(11)2-3)12-8(10)13-7(4)14/h1-2H,(H,12,13,14). The zero-order valence-corrected chi connectivity index (χ0v) is 11.1.